The van der Waals surface area contributed by atoms with Crippen LogP contribution in [0.5, 0.6) is 0 Å². The van der Waals surface area contributed by atoms with Gasteiger partial charge in [-0.3, -0.25) is 9.48 Å². The minimum Gasteiger partial charge on any atom is -0.381 e. The molecule has 0 aromatic carbocycles. The maximum Gasteiger partial charge on any atom is 0.188 e. The van der Waals surface area contributed by atoms with Gasteiger partial charge >= 0.3 is 0 Å². The maximum absolute atomic E-state index is 11.9. The highest BCUT2D eigenvalue weighted by Crippen LogP contribution is 2.17. The summed E-state index contributed by atoms with van der Waals surface area (Å²) >= 11 is 0. The zero-order chi connectivity index (χ0) is 10.1. The van der Waals surface area contributed by atoms with Crippen molar-refractivity contribution in [3.8, 4) is 0 Å². The molecule has 14 heavy (non-hydrogen) atoms. The Morgan fingerprint density at radius 2 is 2.50 bits per heavy atom. The van der Waals surface area contributed by atoms with Gasteiger partial charge in [0.15, 0.2) is 5.78 Å². The molecule has 76 valence electrons. The van der Waals surface area contributed by atoms with Gasteiger partial charge in [0.2, 0.25) is 0 Å². The molecule has 0 amide bonds. The third kappa shape index (κ3) is 1.57. The fourth-order valence-electron chi connectivity index (χ4n) is 1.63. The predicted octanol–water partition coefficient (Wildman–Crippen LogP) is 0.948. The van der Waals surface area contributed by atoms with Gasteiger partial charge in [0.1, 0.15) is 5.69 Å². The lowest BCUT2D eigenvalue weighted by molar-refractivity contribution is 0.0894. The standard InChI is InChI=1S/C10H14N2O2/c1-7-5-9(11-12(7)2)10(13)8-3-4-14-6-8/h5,8H,3-4,6H2,1-2H3. The first-order valence-corrected chi connectivity index (χ1v) is 4.81. The molecule has 0 N–H and O–H groups in total. The fourth-order valence-corrected chi connectivity index (χ4v) is 1.63. The van der Waals surface area contributed by atoms with Crippen molar-refractivity contribution in [1.82, 2.24) is 9.78 Å². The third-order valence-electron chi connectivity index (χ3n) is 2.67. The Bertz CT molecular complexity index is 332. The summed E-state index contributed by atoms with van der Waals surface area (Å²) in [5.74, 6) is 0.135. The highest BCUT2D eigenvalue weighted by Gasteiger charge is 2.26. The number of nitrogens with zero attached hydrogens (tertiary/aromatic N) is 2. The average Bonchev–Trinajstić information content (AvgIpc) is 2.76. The number of hydrogen-bond acceptors (Lipinski definition) is 3. The van der Waals surface area contributed by atoms with E-state index in [1.54, 1.807) is 4.68 Å². The van der Waals surface area contributed by atoms with Gasteiger partial charge in [-0.2, -0.15) is 5.10 Å². The zero-order valence-electron chi connectivity index (χ0n) is 8.49. The molecule has 1 aromatic heterocycles. The smallest absolute Gasteiger partial charge is 0.188 e. The summed E-state index contributed by atoms with van der Waals surface area (Å²) in [5.41, 5.74) is 1.58. The molecule has 0 bridgehead atoms. The van der Waals surface area contributed by atoms with Crippen molar-refractivity contribution >= 4 is 5.78 Å². The molecule has 0 aliphatic carbocycles. The van der Waals surface area contributed by atoms with E-state index in [2.05, 4.69) is 5.10 Å². The lowest BCUT2D eigenvalue weighted by Gasteiger charge is -2.01. The molecule has 1 aromatic rings. The first-order valence-electron chi connectivity index (χ1n) is 4.81. The van der Waals surface area contributed by atoms with Gasteiger partial charge in [-0.25, -0.2) is 0 Å². The molecule has 2 heterocycles. The normalized spacial score (nSPS) is 21.4. The van der Waals surface area contributed by atoms with E-state index >= 15 is 0 Å². The Kier molecular flexibility index (Phi) is 2.37. The van der Waals surface area contributed by atoms with Crippen molar-refractivity contribution in [2.24, 2.45) is 13.0 Å². The molecule has 0 saturated carbocycles. The van der Waals surface area contributed by atoms with Crippen molar-refractivity contribution < 1.29 is 9.53 Å². The number of carbonyl (C=O) groups is 1. The minimum atomic E-state index is 0.0179. The quantitative estimate of drug-likeness (QED) is 0.658. The topological polar surface area (TPSA) is 44.1 Å². The van der Waals surface area contributed by atoms with Crippen LogP contribution in [0.1, 0.15) is 22.6 Å². The second kappa shape index (κ2) is 3.53. The number of ketones is 1. The van der Waals surface area contributed by atoms with Gasteiger partial charge in [-0.1, -0.05) is 0 Å². The summed E-state index contributed by atoms with van der Waals surface area (Å²) in [7, 11) is 1.84. The van der Waals surface area contributed by atoms with Crippen LogP contribution in [0.25, 0.3) is 0 Å². The molecule has 0 spiro atoms. The van der Waals surface area contributed by atoms with Crippen molar-refractivity contribution in [3.63, 3.8) is 0 Å². The van der Waals surface area contributed by atoms with Crippen LogP contribution < -0.4 is 0 Å². The van der Waals surface area contributed by atoms with Gasteiger partial charge in [0.05, 0.1) is 6.61 Å². The Morgan fingerprint density at radius 1 is 1.71 bits per heavy atom. The van der Waals surface area contributed by atoms with Crippen LogP contribution in [0.2, 0.25) is 0 Å². The summed E-state index contributed by atoms with van der Waals surface area (Å²) in [5, 5.41) is 4.17. The van der Waals surface area contributed by atoms with Crippen LogP contribution in [-0.2, 0) is 11.8 Å². The molecular weight excluding hydrogens is 180 g/mol. The van der Waals surface area contributed by atoms with E-state index in [0.717, 1.165) is 12.1 Å². The van der Waals surface area contributed by atoms with E-state index in [-0.39, 0.29) is 11.7 Å². The first-order chi connectivity index (χ1) is 6.68. The number of ether oxygens (including phenoxy) is 1. The van der Waals surface area contributed by atoms with Crippen molar-refractivity contribution in [2.45, 2.75) is 13.3 Å². The molecule has 1 aliphatic heterocycles. The summed E-state index contributed by atoms with van der Waals surface area (Å²) in [6, 6.07) is 1.83. The number of carbonyl (C=O) groups excluding carboxylic acids is 1. The van der Waals surface area contributed by atoms with Crippen LogP contribution >= 0.6 is 0 Å². The summed E-state index contributed by atoms with van der Waals surface area (Å²) in [6.45, 7) is 3.19. The average molecular weight is 194 g/mol. The lowest BCUT2D eigenvalue weighted by Crippen LogP contribution is -2.15. The van der Waals surface area contributed by atoms with Gasteiger partial charge in [0.25, 0.3) is 0 Å². The summed E-state index contributed by atoms with van der Waals surface area (Å²) < 4.78 is 6.91. The van der Waals surface area contributed by atoms with Gasteiger partial charge < -0.3 is 4.74 Å². The Morgan fingerprint density at radius 3 is 3.00 bits per heavy atom. The molecule has 1 fully saturated rings. The number of aryl methyl sites for hydroxylation is 2. The number of rotatable bonds is 2. The third-order valence-corrected chi connectivity index (χ3v) is 2.67. The van der Waals surface area contributed by atoms with E-state index in [1.807, 2.05) is 20.0 Å². The van der Waals surface area contributed by atoms with Gasteiger partial charge in [0, 0.05) is 25.3 Å². The Labute approximate surface area is 82.9 Å². The van der Waals surface area contributed by atoms with Crippen molar-refractivity contribution in [2.75, 3.05) is 13.2 Å². The zero-order valence-corrected chi connectivity index (χ0v) is 8.49. The molecule has 1 saturated heterocycles. The molecule has 1 unspecified atom stereocenters. The highest BCUT2D eigenvalue weighted by molar-refractivity contribution is 5.96. The van der Waals surface area contributed by atoms with Crippen LogP contribution in [0.4, 0.5) is 0 Å². The van der Waals surface area contributed by atoms with E-state index < -0.39 is 0 Å². The summed E-state index contributed by atoms with van der Waals surface area (Å²) in [6.07, 6.45) is 0.828. The van der Waals surface area contributed by atoms with Crippen LogP contribution in [0.3, 0.4) is 0 Å². The van der Waals surface area contributed by atoms with E-state index in [0.29, 0.717) is 18.9 Å². The van der Waals surface area contributed by atoms with E-state index in [9.17, 15) is 4.79 Å². The fraction of sp³-hybridized carbons (Fsp3) is 0.600. The second-order valence-corrected chi connectivity index (χ2v) is 3.72. The lowest BCUT2D eigenvalue weighted by atomic mass is 10.0. The molecule has 2 rings (SSSR count). The van der Waals surface area contributed by atoms with Gasteiger partial charge in [-0.15, -0.1) is 0 Å². The van der Waals surface area contributed by atoms with Gasteiger partial charge in [-0.05, 0) is 19.4 Å². The van der Waals surface area contributed by atoms with Crippen molar-refractivity contribution in [1.29, 1.82) is 0 Å². The largest absolute Gasteiger partial charge is 0.381 e. The molecule has 4 heteroatoms. The predicted molar refractivity (Wildman–Crippen MR) is 51.2 cm³/mol. The van der Waals surface area contributed by atoms with E-state index in [1.165, 1.54) is 0 Å². The Hall–Kier alpha value is -1.16. The summed E-state index contributed by atoms with van der Waals surface area (Å²) in [4.78, 5) is 11.9. The number of hydrogen-bond donors (Lipinski definition) is 0. The number of aromatic nitrogens is 2. The molecule has 4 nitrogen and oxygen atoms in total. The number of Topliss-reactive ketones (excluding diaryl/α,β-unsaturated/α-hetero) is 1. The van der Waals surface area contributed by atoms with Crippen LogP contribution in [0.15, 0.2) is 6.07 Å². The monoisotopic (exact) mass is 194 g/mol. The van der Waals surface area contributed by atoms with Crippen molar-refractivity contribution in [3.05, 3.63) is 17.5 Å². The van der Waals surface area contributed by atoms with E-state index in [4.69, 9.17) is 4.74 Å². The SMILES string of the molecule is Cc1cc(C(=O)C2CCOC2)nn1C. The first kappa shape index (κ1) is 9.40. The second-order valence-electron chi connectivity index (χ2n) is 3.72. The molecular formula is C10H14N2O2. The maximum atomic E-state index is 11.9. The molecule has 0 radical (unpaired) electrons. The van der Waals surface area contributed by atoms with Crippen LogP contribution in [0, 0.1) is 12.8 Å². The molecule has 1 aliphatic rings. The van der Waals surface area contributed by atoms with Crippen LogP contribution in [-0.4, -0.2) is 28.8 Å². The highest BCUT2D eigenvalue weighted by atomic mass is 16.5. The molecule has 1 atom stereocenters. The minimum absolute atomic E-state index is 0.0179. The Balaban J connectivity index is 2.18.